The van der Waals surface area contributed by atoms with E-state index in [1.807, 2.05) is 48.5 Å². The molecule has 3 heterocycles. The lowest BCUT2D eigenvalue weighted by Crippen LogP contribution is -2.09. The van der Waals surface area contributed by atoms with Crippen molar-refractivity contribution in [1.82, 2.24) is 19.6 Å². The summed E-state index contributed by atoms with van der Waals surface area (Å²) in [4.78, 5) is 9.01. The zero-order valence-electron chi connectivity index (χ0n) is 15.0. The number of hydrogen-bond acceptors (Lipinski definition) is 6. The lowest BCUT2D eigenvalue weighted by Gasteiger charge is -2.12. The molecule has 0 aliphatic heterocycles. The Bertz CT molecular complexity index is 1190. The molecule has 136 valence electrons. The second kappa shape index (κ2) is 6.67. The van der Waals surface area contributed by atoms with Crippen molar-refractivity contribution in [2.45, 2.75) is 18.9 Å². The molecule has 7 heteroatoms. The average molecular weight is 367 g/mol. The number of nitrogens with zero attached hydrogens (tertiary/aromatic N) is 5. The van der Waals surface area contributed by atoms with Crippen molar-refractivity contribution in [2.24, 2.45) is 0 Å². The quantitative estimate of drug-likeness (QED) is 0.554. The fraction of sp³-hybridized carbons (Fsp3) is 0.143. The van der Waals surface area contributed by atoms with Gasteiger partial charge in [0, 0.05) is 29.6 Å². The summed E-state index contributed by atoms with van der Waals surface area (Å²) in [7, 11) is 0. The van der Waals surface area contributed by atoms with E-state index in [1.54, 1.807) is 16.9 Å². The number of fused-ring (bicyclic) bond motifs is 1. The first-order valence-electron chi connectivity index (χ1n) is 9.14. The van der Waals surface area contributed by atoms with Crippen LogP contribution in [0.2, 0.25) is 0 Å². The lowest BCUT2D eigenvalue weighted by molar-refractivity contribution is 0.926. The molecule has 1 aliphatic carbocycles. The summed E-state index contributed by atoms with van der Waals surface area (Å²) in [5, 5.41) is 20.5. The largest absolute Gasteiger partial charge is 0.367 e. The van der Waals surface area contributed by atoms with Crippen molar-refractivity contribution in [3.05, 3.63) is 66.5 Å². The van der Waals surface area contributed by atoms with E-state index < -0.39 is 0 Å². The fourth-order valence-corrected chi connectivity index (χ4v) is 3.08. The van der Waals surface area contributed by atoms with Gasteiger partial charge >= 0.3 is 0 Å². The number of rotatable bonds is 5. The molecule has 4 aromatic rings. The average Bonchev–Trinajstić information content (AvgIpc) is 3.45. The minimum absolute atomic E-state index is 0.449. The highest BCUT2D eigenvalue weighted by Gasteiger charge is 2.23. The minimum atomic E-state index is 0.449. The molecule has 2 N–H and O–H groups in total. The van der Waals surface area contributed by atoms with Gasteiger partial charge in [0.25, 0.3) is 0 Å². The molecule has 0 saturated heterocycles. The molecule has 0 atom stereocenters. The maximum Gasteiger partial charge on any atom is 0.177 e. The summed E-state index contributed by atoms with van der Waals surface area (Å²) in [6.45, 7) is 0. The molecule has 0 amide bonds. The molecule has 0 unspecified atom stereocenters. The lowest BCUT2D eigenvalue weighted by atomic mass is 10.1. The minimum Gasteiger partial charge on any atom is -0.367 e. The van der Waals surface area contributed by atoms with Crippen molar-refractivity contribution in [2.75, 3.05) is 10.6 Å². The Balaban J connectivity index is 1.52. The van der Waals surface area contributed by atoms with Gasteiger partial charge in [-0.3, -0.25) is 4.98 Å². The van der Waals surface area contributed by atoms with Gasteiger partial charge in [0.05, 0.1) is 11.9 Å². The third-order valence-electron chi connectivity index (χ3n) is 4.62. The van der Waals surface area contributed by atoms with Crippen molar-refractivity contribution in [3.8, 4) is 17.3 Å². The van der Waals surface area contributed by atoms with E-state index in [0.29, 0.717) is 23.1 Å². The maximum atomic E-state index is 9.36. The first kappa shape index (κ1) is 16.3. The SMILES string of the molecule is N#Cc1cnn2c(NC3CC3)cc(Nc3cccc(-c4ccccn4)c3)nc12. The Morgan fingerprint density at radius 1 is 1.11 bits per heavy atom. The van der Waals surface area contributed by atoms with Crippen molar-refractivity contribution in [3.63, 3.8) is 0 Å². The third-order valence-corrected chi connectivity index (χ3v) is 4.62. The van der Waals surface area contributed by atoms with Crippen LogP contribution in [-0.4, -0.2) is 25.6 Å². The van der Waals surface area contributed by atoms with Crippen molar-refractivity contribution >= 4 is 23.0 Å². The zero-order chi connectivity index (χ0) is 18.9. The molecule has 3 aromatic heterocycles. The molecule has 1 aliphatic rings. The van der Waals surface area contributed by atoms with Gasteiger partial charge in [0.15, 0.2) is 5.65 Å². The Labute approximate surface area is 161 Å². The van der Waals surface area contributed by atoms with Gasteiger partial charge in [0.1, 0.15) is 23.3 Å². The van der Waals surface area contributed by atoms with Crippen LogP contribution in [0.5, 0.6) is 0 Å². The van der Waals surface area contributed by atoms with Gasteiger partial charge in [-0.1, -0.05) is 18.2 Å². The highest BCUT2D eigenvalue weighted by atomic mass is 15.3. The monoisotopic (exact) mass is 367 g/mol. The molecule has 1 fully saturated rings. The van der Waals surface area contributed by atoms with E-state index in [0.717, 1.165) is 35.6 Å². The van der Waals surface area contributed by atoms with Crippen LogP contribution in [0.4, 0.5) is 17.3 Å². The third kappa shape index (κ3) is 3.12. The van der Waals surface area contributed by atoms with Crippen LogP contribution >= 0.6 is 0 Å². The number of anilines is 3. The highest BCUT2D eigenvalue weighted by Crippen LogP contribution is 2.28. The predicted octanol–water partition coefficient (Wildman–Crippen LogP) is 3.98. The van der Waals surface area contributed by atoms with Gasteiger partial charge in [0.2, 0.25) is 0 Å². The number of pyridine rings is 1. The molecule has 1 saturated carbocycles. The topological polar surface area (TPSA) is 90.9 Å². The summed E-state index contributed by atoms with van der Waals surface area (Å²) in [6.07, 6.45) is 5.62. The van der Waals surface area contributed by atoms with Crippen molar-refractivity contribution in [1.29, 1.82) is 5.26 Å². The summed E-state index contributed by atoms with van der Waals surface area (Å²) < 4.78 is 1.69. The van der Waals surface area contributed by atoms with E-state index in [2.05, 4.69) is 31.8 Å². The first-order chi connectivity index (χ1) is 13.8. The molecule has 0 spiro atoms. The van der Waals surface area contributed by atoms with Crippen LogP contribution in [0.25, 0.3) is 16.9 Å². The Kier molecular flexibility index (Phi) is 3.87. The Hall–Kier alpha value is -3.92. The second-order valence-corrected chi connectivity index (χ2v) is 6.77. The van der Waals surface area contributed by atoms with Gasteiger partial charge in [-0.2, -0.15) is 14.9 Å². The standard InChI is InChI=1S/C21H17N7/c22-12-15-13-24-28-20(26-16-7-8-16)11-19(27-21(15)28)25-17-5-3-4-14(10-17)18-6-1-2-9-23-18/h1-6,9-11,13,16,26H,7-8H2,(H,25,27). The molecular formula is C21H17N7. The van der Waals surface area contributed by atoms with Gasteiger partial charge < -0.3 is 10.6 Å². The number of hydrogen-bond donors (Lipinski definition) is 2. The molecule has 1 aromatic carbocycles. The predicted molar refractivity (Wildman–Crippen MR) is 107 cm³/mol. The Morgan fingerprint density at radius 3 is 2.82 bits per heavy atom. The van der Waals surface area contributed by atoms with E-state index in [9.17, 15) is 5.26 Å². The van der Waals surface area contributed by atoms with Crippen LogP contribution in [0.1, 0.15) is 18.4 Å². The number of nitriles is 1. The molecule has 0 bridgehead atoms. The van der Waals surface area contributed by atoms with E-state index in [4.69, 9.17) is 0 Å². The zero-order valence-corrected chi connectivity index (χ0v) is 15.0. The van der Waals surface area contributed by atoms with Crippen LogP contribution in [0.15, 0.2) is 60.9 Å². The van der Waals surface area contributed by atoms with Gasteiger partial charge in [-0.15, -0.1) is 0 Å². The van der Waals surface area contributed by atoms with E-state index >= 15 is 0 Å². The van der Waals surface area contributed by atoms with E-state index in [-0.39, 0.29) is 0 Å². The molecule has 28 heavy (non-hydrogen) atoms. The Morgan fingerprint density at radius 2 is 2.04 bits per heavy atom. The van der Waals surface area contributed by atoms with E-state index in [1.165, 1.54) is 0 Å². The summed E-state index contributed by atoms with van der Waals surface area (Å²) in [5.41, 5.74) is 3.81. The highest BCUT2D eigenvalue weighted by molar-refractivity contribution is 5.70. The fourth-order valence-electron chi connectivity index (χ4n) is 3.08. The van der Waals surface area contributed by atoms with Crippen LogP contribution in [-0.2, 0) is 0 Å². The van der Waals surface area contributed by atoms with Gasteiger partial charge in [-0.25, -0.2) is 4.98 Å². The molecular weight excluding hydrogens is 350 g/mol. The first-order valence-corrected chi connectivity index (χ1v) is 9.14. The molecule has 5 rings (SSSR count). The van der Waals surface area contributed by atoms with Gasteiger partial charge in [-0.05, 0) is 37.1 Å². The number of benzene rings is 1. The smallest absolute Gasteiger partial charge is 0.177 e. The van der Waals surface area contributed by atoms with Crippen LogP contribution < -0.4 is 10.6 Å². The number of nitrogens with one attached hydrogen (secondary N) is 2. The molecule has 7 nitrogen and oxygen atoms in total. The maximum absolute atomic E-state index is 9.36. The van der Waals surface area contributed by atoms with Crippen molar-refractivity contribution < 1.29 is 0 Å². The second-order valence-electron chi connectivity index (χ2n) is 6.77. The van der Waals surface area contributed by atoms with Crippen LogP contribution in [0.3, 0.4) is 0 Å². The normalized spacial score (nSPS) is 13.2. The van der Waals surface area contributed by atoms with Crippen LogP contribution in [0, 0.1) is 11.3 Å². The summed E-state index contributed by atoms with van der Waals surface area (Å²) in [6, 6.07) is 18.4. The summed E-state index contributed by atoms with van der Waals surface area (Å²) in [5.74, 6) is 1.49. The number of aromatic nitrogens is 4. The molecule has 0 radical (unpaired) electrons. The summed E-state index contributed by atoms with van der Waals surface area (Å²) >= 11 is 0.